The first-order valence-corrected chi connectivity index (χ1v) is 8.22. The Hall–Kier alpha value is -2.49. The van der Waals surface area contributed by atoms with Crippen molar-refractivity contribution in [3.63, 3.8) is 0 Å². The molecule has 0 radical (unpaired) electrons. The predicted molar refractivity (Wildman–Crippen MR) is 99.6 cm³/mol. The molecule has 0 fully saturated rings. The van der Waals surface area contributed by atoms with E-state index in [2.05, 4.69) is 31.3 Å². The predicted octanol–water partition coefficient (Wildman–Crippen LogP) is 4.42. The van der Waals surface area contributed by atoms with Crippen molar-refractivity contribution in [3.05, 3.63) is 53.1 Å². The number of benzene rings is 2. The van der Waals surface area contributed by atoms with Gasteiger partial charge < -0.3 is 15.8 Å². The van der Waals surface area contributed by atoms with Crippen LogP contribution in [0.4, 0.5) is 11.4 Å². The van der Waals surface area contributed by atoms with Crippen LogP contribution in [0.25, 0.3) is 0 Å². The molecule has 2 rings (SSSR count). The van der Waals surface area contributed by atoms with Crippen molar-refractivity contribution in [2.75, 3.05) is 11.1 Å². The number of nitrogen functional groups attached to an aromatic ring is 1. The van der Waals surface area contributed by atoms with Crippen LogP contribution >= 0.6 is 0 Å². The van der Waals surface area contributed by atoms with Crippen LogP contribution in [0.15, 0.2) is 36.4 Å². The van der Waals surface area contributed by atoms with Crippen molar-refractivity contribution in [3.8, 4) is 5.75 Å². The van der Waals surface area contributed by atoms with Gasteiger partial charge in [-0.3, -0.25) is 4.79 Å². The average molecular weight is 326 g/mol. The second-order valence-corrected chi connectivity index (χ2v) is 6.52. The Kier molecular flexibility index (Phi) is 5.50. The maximum Gasteiger partial charge on any atom is 0.265 e. The van der Waals surface area contributed by atoms with Gasteiger partial charge in [0.1, 0.15) is 5.75 Å². The number of hydrogen-bond acceptors (Lipinski definition) is 3. The van der Waals surface area contributed by atoms with E-state index in [0.717, 1.165) is 22.4 Å². The highest BCUT2D eigenvalue weighted by molar-refractivity contribution is 5.95. The van der Waals surface area contributed by atoms with E-state index in [0.29, 0.717) is 17.3 Å². The smallest absolute Gasteiger partial charge is 0.265 e. The van der Waals surface area contributed by atoms with E-state index in [1.54, 1.807) is 13.0 Å². The lowest BCUT2D eigenvalue weighted by molar-refractivity contribution is -0.122. The van der Waals surface area contributed by atoms with Crippen LogP contribution in [-0.2, 0) is 4.79 Å². The quantitative estimate of drug-likeness (QED) is 0.800. The summed E-state index contributed by atoms with van der Waals surface area (Å²) in [6.45, 7) is 9.91. The zero-order valence-electron chi connectivity index (χ0n) is 15.0. The lowest BCUT2D eigenvalue weighted by Gasteiger charge is -2.20. The molecule has 0 aliphatic rings. The molecule has 2 aromatic rings. The third-order valence-corrected chi connectivity index (χ3v) is 3.98. The number of rotatable bonds is 5. The molecule has 0 aliphatic heterocycles. The van der Waals surface area contributed by atoms with Crippen LogP contribution < -0.4 is 15.8 Å². The number of carbonyl (C=O) groups is 1. The van der Waals surface area contributed by atoms with Gasteiger partial charge in [0.05, 0.1) is 0 Å². The minimum atomic E-state index is -0.606. The number of aryl methyl sites for hydroxylation is 2. The number of anilines is 2. The molecular formula is C20H26N2O2. The molecule has 128 valence electrons. The summed E-state index contributed by atoms with van der Waals surface area (Å²) in [5, 5.41) is 2.89. The average Bonchev–Trinajstić information content (AvgIpc) is 2.50. The minimum absolute atomic E-state index is 0.195. The largest absolute Gasteiger partial charge is 0.481 e. The summed E-state index contributed by atoms with van der Waals surface area (Å²) in [5.41, 5.74) is 10.3. The van der Waals surface area contributed by atoms with Crippen LogP contribution in [0.2, 0.25) is 0 Å². The zero-order valence-corrected chi connectivity index (χ0v) is 15.0. The fraction of sp³-hybridized carbons (Fsp3) is 0.350. The van der Waals surface area contributed by atoms with E-state index in [1.807, 2.05) is 32.0 Å². The fourth-order valence-electron chi connectivity index (χ4n) is 2.47. The first kappa shape index (κ1) is 17.9. The third kappa shape index (κ3) is 4.28. The molecule has 2 aromatic carbocycles. The molecular weight excluding hydrogens is 300 g/mol. The highest BCUT2D eigenvalue weighted by atomic mass is 16.5. The Labute approximate surface area is 144 Å². The van der Waals surface area contributed by atoms with Gasteiger partial charge in [-0.25, -0.2) is 0 Å². The maximum absolute atomic E-state index is 12.5. The van der Waals surface area contributed by atoms with Crippen LogP contribution in [0, 0.1) is 13.8 Å². The highest BCUT2D eigenvalue weighted by Crippen LogP contribution is 2.28. The molecule has 0 heterocycles. The van der Waals surface area contributed by atoms with Gasteiger partial charge in [0.15, 0.2) is 6.10 Å². The van der Waals surface area contributed by atoms with Gasteiger partial charge in [-0.15, -0.1) is 0 Å². The van der Waals surface area contributed by atoms with Gasteiger partial charge >= 0.3 is 0 Å². The number of amides is 1. The first-order chi connectivity index (χ1) is 11.3. The number of nitrogens with two attached hydrogens (primary N) is 1. The molecule has 3 N–H and O–H groups in total. The molecule has 1 amide bonds. The van der Waals surface area contributed by atoms with Crippen LogP contribution in [0.5, 0.6) is 5.75 Å². The maximum atomic E-state index is 12.5. The molecule has 1 atom stereocenters. The zero-order chi connectivity index (χ0) is 17.9. The molecule has 0 spiro atoms. The summed E-state index contributed by atoms with van der Waals surface area (Å²) in [5.74, 6) is 0.892. The highest BCUT2D eigenvalue weighted by Gasteiger charge is 2.18. The monoisotopic (exact) mass is 326 g/mol. The Balaban J connectivity index is 2.15. The summed E-state index contributed by atoms with van der Waals surface area (Å²) in [4.78, 5) is 12.5. The van der Waals surface area contributed by atoms with Crippen LogP contribution in [0.1, 0.15) is 43.4 Å². The van der Waals surface area contributed by atoms with Crippen molar-refractivity contribution >= 4 is 17.3 Å². The SMILES string of the molecule is Cc1ccc(C(C)C)c(OC(C)C(=O)Nc2cc(N)ccc2C)c1. The Morgan fingerprint density at radius 1 is 1.08 bits per heavy atom. The molecule has 0 aromatic heterocycles. The normalized spacial score (nSPS) is 12.1. The Morgan fingerprint density at radius 3 is 2.46 bits per heavy atom. The van der Waals surface area contributed by atoms with E-state index in [1.165, 1.54) is 0 Å². The van der Waals surface area contributed by atoms with Crippen molar-refractivity contribution in [1.82, 2.24) is 0 Å². The number of nitrogens with one attached hydrogen (secondary N) is 1. The lowest BCUT2D eigenvalue weighted by Crippen LogP contribution is -2.30. The molecule has 4 heteroatoms. The van der Waals surface area contributed by atoms with Crippen LogP contribution in [-0.4, -0.2) is 12.0 Å². The number of carbonyl (C=O) groups excluding carboxylic acids is 1. The molecule has 24 heavy (non-hydrogen) atoms. The van der Waals surface area contributed by atoms with Gasteiger partial charge in [0.25, 0.3) is 5.91 Å². The minimum Gasteiger partial charge on any atom is -0.481 e. The summed E-state index contributed by atoms with van der Waals surface area (Å²) < 4.78 is 5.95. The van der Waals surface area contributed by atoms with Gasteiger partial charge in [-0.05, 0) is 61.6 Å². The van der Waals surface area contributed by atoms with E-state index >= 15 is 0 Å². The molecule has 1 unspecified atom stereocenters. The summed E-state index contributed by atoms with van der Waals surface area (Å²) in [7, 11) is 0. The fourth-order valence-corrected chi connectivity index (χ4v) is 2.47. The summed E-state index contributed by atoms with van der Waals surface area (Å²) in [6, 6.07) is 11.5. The summed E-state index contributed by atoms with van der Waals surface area (Å²) >= 11 is 0. The van der Waals surface area contributed by atoms with Crippen molar-refractivity contribution in [1.29, 1.82) is 0 Å². The molecule has 0 saturated carbocycles. The number of ether oxygens (including phenoxy) is 1. The van der Waals surface area contributed by atoms with Gasteiger partial charge in [-0.2, -0.15) is 0 Å². The first-order valence-electron chi connectivity index (χ1n) is 8.22. The number of hydrogen-bond donors (Lipinski definition) is 2. The van der Waals surface area contributed by atoms with E-state index in [-0.39, 0.29) is 5.91 Å². The molecule has 0 saturated heterocycles. The van der Waals surface area contributed by atoms with Gasteiger partial charge in [0, 0.05) is 11.4 Å². The summed E-state index contributed by atoms with van der Waals surface area (Å²) in [6.07, 6.45) is -0.606. The van der Waals surface area contributed by atoms with Gasteiger partial charge in [0.2, 0.25) is 0 Å². The molecule has 4 nitrogen and oxygen atoms in total. The lowest BCUT2D eigenvalue weighted by atomic mass is 10.0. The van der Waals surface area contributed by atoms with E-state index in [4.69, 9.17) is 10.5 Å². The van der Waals surface area contributed by atoms with E-state index in [9.17, 15) is 4.79 Å². The van der Waals surface area contributed by atoms with Crippen molar-refractivity contribution < 1.29 is 9.53 Å². The third-order valence-electron chi connectivity index (χ3n) is 3.98. The second-order valence-electron chi connectivity index (χ2n) is 6.52. The molecule has 0 bridgehead atoms. The van der Waals surface area contributed by atoms with Crippen molar-refractivity contribution in [2.45, 2.75) is 46.6 Å². The topological polar surface area (TPSA) is 64.3 Å². The van der Waals surface area contributed by atoms with E-state index < -0.39 is 6.10 Å². The Bertz CT molecular complexity index is 738. The van der Waals surface area contributed by atoms with Crippen LogP contribution in [0.3, 0.4) is 0 Å². The molecule has 0 aliphatic carbocycles. The Morgan fingerprint density at radius 2 is 1.79 bits per heavy atom. The van der Waals surface area contributed by atoms with Gasteiger partial charge in [-0.1, -0.05) is 32.0 Å². The standard InChI is InChI=1S/C20H26N2O2/c1-12(2)17-9-6-13(3)10-19(17)24-15(5)20(23)22-18-11-16(21)8-7-14(18)4/h6-12,15H,21H2,1-5H3,(H,22,23). The second kappa shape index (κ2) is 7.39. The van der Waals surface area contributed by atoms with Crippen molar-refractivity contribution in [2.24, 2.45) is 0 Å².